The lowest BCUT2D eigenvalue weighted by Crippen LogP contribution is -2.06. The van der Waals surface area contributed by atoms with Gasteiger partial charge in [-0.05, 0) is 62.0 Å². The molecule has 2 nitrogen and oxygen atoms in total. The van der Waals surface area contributed by atoms with Crippen LogP contribution < -0.4 is 5.32 Å². The van der Waals surface area contributed by atoms with Crippen LogP contribution in [-0.2, 0) is 6.42 Å². The molecule has 1 N–H and O–H groups in total. The lowest BCUT2D eigenvalue weighted by Gasteiger charge is -2.07. The number of aromatic nitrogens is 1. The van der Waals surface area contributed by atoms with Gasteiger partial charge in [0.05, 0.1) is 4.47 Å². The Balaban J connectivity index is 1.90. The molecule has 0 fully saturated rings. The molecule has 0 unspecified atom stereocenters. The van der Waals surface area contributed by atoms with Crippen LogP contribution in [0.3, 0.4) is 0 Å². The van der Waals surface area contributed by atoms with Crippen LogP contribution in [0.2, 0.25) is 0 Å². The normalized spacial score (nSPS) is 10.4. The number of halogens is 3. The molecule has 5 heteroatoms. The molecule has 2 rings (SSSR count). The molecular formula is C13H11Br2FN2. The first-order chi connectivity index (χ1) is 8.65. The van der Waals surface area contributed by atoms with Gasteiger partial charge in [0, 0.05) is 17.2 Å². The van der Waals surface area contributed by atoms with Gasteiger partial charge in [0.2, 0.25) is 0 Å². The van der Waals surface area contributed by atoms with Crippen molar-refractivity contribution in [3.8, 4) is 0 Å². The molecule has 0 saturated heterocycles. The number of hydrogen-bond acceptors (Lipinski definition) is 2. The predicted molar refractivity (Wildman–Crippen MR) is 78.2 cm³/mol. The van der Waals surface area contributed by atoms with E-state index in [-0.39, 0.29) is 5.82 Å². The van der Waals surface area contributed by atoms with Crippen molar-refractivity contribution in [2.45, 2.75) is 6.42 Å². The fraction of sp³-hybridized carbons (Fsp3) is 0.154. The number of nitrogens with zero attached hydrogens (tertiary/aromatic N) is 1. The molecule has 1 heterocycles. The Morgan fingerprint density at radius 2 is 1.89 bits per heavy atom. The molecule has 0 saturated carbocycles. The molecule has 18 heavy (non-hydrogen) atoms. The summed E-state index contributed by atoms with van der Waals surface area (Å²) in [6, 6.07) is 8.47. The van der Waals surface area contributed by atoms with Gasteiger partial charge < -0.3 is 5.32 Å². The topological polar surface area (TPSA) is 24.9 Å². The van der Waals surface area contributed by atoms with E-state index in [1.807, 2.05) is 6.07 Å². The Morgan fingerprint density at radius 3 is 2.56 bits per heavy atom. The first-order valence-corrected chi connectivity index (χ1v) is 7.03. The summed E-state index contributed by atoms with van der Waals surface area (Å²) in [5.74, 6) is 0.601. The second kappa shape index (κ2) is 6.29. The molecule has 0 aliphatic carbocycles. The van der Waals surface area contributed by atoms with Crippen LogP contribution in [0, 0.1) is 5.82 Å². The zero-order valence-electron chi connectivity index (χ0n) is 9.46. The highest BCUT2D eigenvalue weighted by Gasteiger charge is 2.01. The zero-order valence-corrected chi connectivity index (χ0v) is 12.6. The van der Waals surface area contributed by atoms with E-state index in [4.69, 9.17) is 0 Å². The van der Waals surface area contributed by atoms with Gasteiger partial charge in [0.1, 0.15) is 11.6 Å². The maximum Gasteiger partial charge on any atom is 0.140 e. The van der Waals surface area contributed by atoms with E-state index >= 15 is 0 Å². The van der Waals surface area contributed by atoms with Gasteiger partial charge in [0.25, 0.3) is 0 Å². The number of nitrogens with one attached hydrogen (secondary N) is 1. The molecule has 2 aromatic rings. The highest BCUT2D eigenvalue weighted by Crippen LogP contribution is 2.23. The van der Waals surface area contributed by atoms with Gasteiger partial charge in [-0.1, -0.05) is 12.1 Å². The van der Waals surface area contributed by atoms with Crippen molar-refractivity contribution in [1.29, 1.82) is 0 Å². The average Bonchev–Trinajstić information content (AvgIpc) is 2.34. The highest BCUT2D eigenvalue weighted by molar-refractivity contribution is 9.11. The van der Waals surface area contributed by atoms with Crippen LogP contribution in [0.5, 0.6) is 0 Å². The van der Waals surface area contributed by atoms with E-state index in [0.29, 0.717) is 0 Å². The Bertz CT molecular complexity index is 529. The highest BCUT2D eigenvalue weighted by atomic mass is 79.9. The summed E-state index contributed by atoms with van der Waals surface area (Å²) in [5, 5.41) is 3.23. The Labute approximate surface area is 122 Å². The fourth-order valence-corrected chi connectivity index (χ4v) is 2.65. The summed E-state index contributed by atoms with van der Waals surface area (Å²) in [7, 11) is 0. The second-order valence-corrected chi connectivity index (χ2v) is 5.56. The molecule has 0 radical (unpaired) electrons. The number of anilines is 1. The molecule has 1 aromatic heterocycles. The molecule has 0 amide bonds. The van der Waals surface area contributed by atoms with Gasteiger partial charge in [-0.2, -0.15) is 0 Å². The van der Waals surface area contributed by atoms with Crippen LogP contribution in [0.1, 0.15) is 5.56 Å². The molecule has 0 atom stereocenters. The van der Waals surface area contributed by atoms with E-state index in [1.165, 1.54) is 12.1 Å². The van der Waals surface area contributed by atoms with Crippen molar-refractivity contribution in [3.63, 3.8) is 0 Å². The van der Waals surface area contributed by atoms with E-state index in [0.717, 1.165) is 33.3 Å². The van der Waals surface area contributed by atoms with Crippen molar-refractivity contribution in [2.24, 2.45) is 0 Å². The van der Waals surface area contributed by atoms with Crippen LogP contribution in [0.25, 0.3) is 0 Å². The number of benzene rings is 1. The summed E-state index contributed by atoms with van der Waals surface area (Å²) in [6.07, 6.45) is 2.56. The van der Waals surface area contributed by atoms with Gasteiger partial charge in [-0.25, -0.2) is 9.37 Å². The maximum absolute atomic E-state index is 12.7. The summed E-state index contributed by atoms with van der Waals surface area (Å²) in [5.41, 5.74) is 1.09. The largest absolute Gasteiger partial charge is 0.369 e. The standard InChI is InChI=1S/C13H11Br2FN2/c14-10-7-12(15)13(18-8-10)17-6-5-9-1-3-11(16)4-2-9/h1-4,7-8H,5-6H2,(H,17,18). The number of rotatable bonds is 4. The lowest BCUT2D eigenvalue weighted by molar-refractivity contribution is 0.627. The molecule has 0 aliphatic rings. The molecule has 0 aliphatic heterocycles. The second-order valence-electron chi connectivity index (χ2n) is 3.79. The predicted octanol–water partition coefficient (Wildman–Crippen LogP) is 4.40. The minimum Gasteiger partial charge on any atom is -0.369 e. The van der Waals surface area contributed by atoms with Crippen LogP contribution >= 0.6 is 31.9 Å². The van der Waals surface area contributed by atoms with Crippen molar-refractivity contribution in [3.05, 3.63) is 56.9 Å². The molecular weight excluding hydrogens is 363 g/mol. The van der Waals surface area contributed by atoms with Gasteiger partial charge in [0.15, 0.2) is 0 Å². The average molecular weight is 374 g/mol. The fourth-order valence-electron chi connectivity index (χ4n) is 1.52. The molecule has 94 valence electrons. The summed E-state index contributed by atoms with van der Waals surface area (Å²) in [4.78, 5) is 4.26. The van der Waals surface area contributed by atoms with Gasteiger partial charge >= 0.3 is 0 Å². The minimum absolute atomic E-state index is 0.205. The summed E-state index contributed by atoms with van der Waals surface area (Å²) < 4.78 is 14.6. The van der Waals surface area contributed by atoms with Crippen molar-refractivity contribution < 1.29 is 4.39 Å². The number of hydrogen-bond donors (Lipinski definition) is 1. The van der Waals surface area contributed by atoms with E-state index in [1.54, 1.807) is 18.3 Å². The van der Waals surface area contributed by atoms with Crippen molar-refractivity contribution in [1.82, 2.24) is 4.98 Å². The lowest BCUT2D eigenvalue weighted by atomic mass is 10.1. The van der Waals surface area contributed by atoms with E-state index < -0.39 is 0 Å². The monoisotopic (exact) mass is 372 g/mol. The van der Waals surface area contributed by atoms with Crippen LogP contribution in [-0.4, -0.2) is 11.5 Å². The van der Waals surface area contributed by atoms with Crippen molar-refractivity contribution in [2.75, 3.05) is 11.9 Å². The first-order valence-electron chi connectivity index (χ1n) is 5.44. The summed E-state index contributed by atoms with van der Waals surface area (Å²) in [6.45, 7) is 0.749. The van der Waals surface area contributed by atoms with E-state index in [2.05, 4.69) is 42.2 Å². The van der Waals surface area contributed by atoms with Gasteiger partial charge in [-0.15, -0.1) is 0 Å². The van der Waals surface area contributed by atoms with Gasteiger partial charge in [-0.3, -0.25) is 0 Å². The van der Waals surface area contributed by atoms with Crippen LogP contribution in [0.15, 0.2) is 45.5 Å². The molecule has 1 aromatic carbocycles. The van der Waals surface area contributed by atoms with Crippen molar-refractivity contribution >= 4 is 37.7 Å². The minimum atomic E-state index is -0.205. The third-order valence-corrected chi connectivity index (χ3v) is 3.47. The molecule has 0 bridgehead atoms. The quantitative estimate of drug-likeness (QED) is 0.859. The Kier molecular flexibility index (Phi) is 4.72. The van der Waals surface area contributed by atoms with Crippen LogP contribution in [0.4, 0.5) is 10.2 Å². The zero-order chi connectivity index (χ0) is 13.0. The SMILES string of the molecule is Fc1ccc(CCNc2ncc(Br)cc2Br)cc1. The Morgan fingerprint density at radius 1 is 1.17 bits per heavy atom. The first kappa shape index (κ1) is 13.5. The molecule has 0 spiro atoms. The third-order valence-electron chi connectivity index (χ3n) is 2.43. The van der Waals surface area contributed by atoms with E-state index in [9.17, 15) is 4.39 Å². The third kappa shape index (κ3) is 3.78. The summed E-state index contributed by atoms with van der Waals surface area (Å²) >= 11 is 6.79. The number of pyridine rings is 1. The Hall–Kier alpha value is -0.940. The smallest absolute Gasteiger partial charge is 0.140 e. The maximum atomic E-state index is 12.7.